The molecule has 0 atom stereocenters. The lowest BCUT2D eigenvalue weighted by Gasteiger charge is -2.07. The first-order chi connectivity index (χ1) is 10.1. The summed E-state index contributed by atoms with van der Waals surface area (Å²) in [4.78, 5) is 11.9. The first-order valence-electron chi connectivity index (χ1n) is 6.29. The molecular weight excluding hydrogens is 294 g/mol. The smallest absolute Gasteiger partial charge is 0.246 e. The van der Waals surface area contributed by atoms with Crippen LogP contribution in [0.5, 0.6) is 5.75 Å². The third-order valence-electron chi connectivity index (χ3n) is 2.69. The summed E-state index contributed by atoms with van der Waals surface area (Å²) >= 11 is 6.00. The fourth-order valence-electron chi connectivity index (χ4n) is 1.77. The largest absolute Gasteiger partial charge is 0.495 e. The highest BCUT2D eigenvalue weighted by molar-refractivity contribution is 6.32. The van der Waals surface area contributed by atoms with Crippen molar-refractivity contribution in [3.05, 3.63) is 35.1 Å². The number of hydrogen-bond donors (Lipinski definition) is 2. The number of hydrogen-bond acceptors (Lipinski definition) is 5. The Hall–Kier alpha value is -2.12. The monoisotopic (exact) mass is 309 g/mol. The molecule has 0 spiro atoms. The number of rotatable bonds is 6. The zero-order chi connectivity index (χ0) is 15.2. The quantitative estimate of drug-likeness (QED) is 0.840. The molecule has 0 saturated carbocycles. The van der Waals surface area contributed by atoms with Crippen LogP contribution in [-0.2, 0) is 17.9 Å². The summed E-state index contributed by atoms with van der Waals surface area (Å²) in [5.41, 5.74) is 1.37. The van der Waals surface area contributed by atoms with Crippen molar-refractivity contribution >= 4 is 23.2 Å². The van der Waals surface area contributed by atoms with Crippen LogP contribution in [0.2, 0.25) is 5.02 Å². The van der Waals surface area contributed by atoms with Gasteiger partial charge in [0, 0.05) is 12.2 Å². The molecule has 1 amide bonds. The molecule has 0 aliphatic carbocycles. The molecule has 0 aliphatic heterocycles. The maximum Gasteiger partial charge on any atom is 0.246 e. The number of methoxy groups -OCH3 is 1. The van der Waals surface area contributed by atoms with Gasteiger partial charge >= 0.3 is 0 Å². The minimum Gasteiger partial charge on any atom is -0.495 e. The molecule has 0 bridgehead atoms. The molecule has 2 rings (SSSR count). The van der Waals surface area contributed by atoms with E-state index in [2.05, 4.69) is 20.9 Å². The summed E-state index contributed by atoms with van der Waals surface area (Å²) in [7, 11) is 3.35. The highest BCUT2D eigenvalue weighted by Gasteiger charge is 2.08. The fourth-order valence-corrected chi connectivity index (χ4v) is 2.03. The van der Waals surface area contributed by atoms with Gasteiger partial charge in [-0.1, -0.05) is 16.8 Å². The highest BCUT2D eigenvalue weighted by Crippen LogP contribution is 2.27. The van der Waals surface area contributed by atoms with Crippen molar-refractivity contribution in [1.82, 2.24) is 20.3 Å². The summed E-state index contributed by atoms with van der Waals surface area (Å²) in [6.45, 7) is 0.691. The molecule has 2 N–H and O–H groups in total. The number of carbonyl (C=O) groups is 1. The number of benzene rings is 1. The molecule has 1 aromatic carbocycles. The Balaban J connectivity index is 1.96. The molecule has 8 heteroatoms. The van der Waals surface area contributed by atoms with Crippen LogP contribution in [0.15, 0.2) is 24.4 Å². The Kier molecular flexibility index (Phi) is 5.13. The maximum absolute atomic E-state index is 11.9. The standard InChI is InChI=1S/C13H16ClN5O2/c1-15-6-10-7-19(18-17-10)8-13(20)16-9-3-4-12(21-2)11(14)5-9/h3-5,7,15H,6,8H2,1-2H3,(H,16,20). The lowest BCUT2D eigenvalue weighted by molar-refractivity contribution is -0.116. The number of nitrogens with one attached hydrogen (secondary N) is 2. The summed E-state index contributed by atoms with van der Waals surface area (Å²) in [6, 6.07) is 5.04. The molecule has 0 aliphatic rings. The minimum absolute atomic E-state index is 0.0837. The number of aromatic nitrogens is 3. The molecule has 7 nitrogen and oxygen atoms in total. The van der Waals surface area contributed by atoms with Gasteiger partial charge in [0.2, 0.25) is 5.91 Å². The van der Waals surface area contributed by atoms with Gasteiger partial charge in [-0.15, -0.1) is 5.10 Å². The highest BCUT2D eigenvalue weighted by atomic mass is 35.5. The Morgan fingerprint density at radius 1 is 1.48 bits per heavy atom. The topological polar surface area (TPSA) is 81.1 Å². The average molecular weight is 310 g/mol. The van der Waals surface area contributed by atoms with E-state index < -0.39 is 0 Å². The first-order valence-corrected chi connectivity index (χ1v) is 6.67. The van der Waals surface area contributed by atoms with Gasteiger partial charge in [0.1, 0.15) is 12.3 Å². The lowest BCUT2D eigenvalue weighted by Crippen LogP contribution is -2.19. The average Bonchev–Trinajstić information content (AvgIpc) is 2.86. The van der Waals surface area contributed by atoms with E-state index in [1.54, 1.807) is 24.4 Å². The first kappa shape index (κ1) is 15.3. The lowest BCUT2D eigenvalue weighted by atomic mass is 10.3. The number of ether oxygens (including phenoxy) is 1. The molecule has 0 radical (unpaired) electrons. The van der Waals surface area contributed by atoms with E-state index in [-0.39, 0.29) is 12.5 Å². The van der Waals surface area contributed by atoms with Crippen molar-refractivity contribution in [2.24, 2.45) is 0 Å². The number of halogens is 1. The van der Waals surface area contributed by atoms with Crippen molar-refractivity contribution in [3.8, 4) is 5.75 Å². The summed E-state index contributed by atoms with van der Waals surface area (Å²) in [5.74, 6) is 0.347. The molecule has 21 heavy (non-hydrogen) atoms. The van der Waals surface area contributed by atoms with Crippen LogP contribution in [0.25, 0.3) is 0 Å². The maximum atomic E-state index is 11.9. The third-order valence-corrected chi connectivity index (χ3v) is 2.98. The summed E-state index contributed by atoms with van der Waals surface area (Å²) in [5, 5.41) is 14.0. The molecular formula is C13H16ClN5O2. The molecule has 2 aromatic rings. The Morgan fingerprint density at radius 3 is 2.95 bits per heavy atom. The summed E-state index contributed by atoms with van der Waals surface area (Å²) in [6.07, 6.45) is 1.72. The van der Waals surface area contributed by atoms with Gasteiger partial charge in [-0.3, -0.25) is 4.79 Å². The van der Waals surface area contributed by atoms with Crippen molar-refractivity contribution in [2.45, 2.75) is 13.1 Å². The van der Waals surface area contributed by atoms with Crippen LogP contribution in [0.3, 0.4) is 0 Å². The molecule has 1 heterocycles. The fraction of sp³-hybridized carbons (Fsp3) is 0.308. The number of carbonyl (C=O) groups excluding carboxylic acids is 1. The van der Waals surface area contributed by atoms with Crippen LogP contribution < -0.4 is 15.4 Å². The zero-order valence-corrected chi connectivity index (χ0v) is 12.5. The van der Waals surface area contributed by atoms with E-state index in [9.17, 15) is 4.79 Å². The van der Waals surface area contributed by atoms with Crippen LogP contribution >= 0.6 is 11.6 Å². The van der Waals surface area contributed by atoms with E-state index in [4.69, 9.17) is 16.3 Å². The van der Waals surface area contributed by atoms with Crippen LogP contribution in [0.4, 0.5) is 5.69 Å². The normalized spacial score (nSPS) is 10.4. The molecule has 0 unspecified atom stereocenters. The number of anilines is 1. The van der Waals surface area contributed by atoms with Gasteiger partial charge in [-0.2, -0.15) is 0 Å². The van der Waals surface area contributed by atoms with E-state index >= 15 is 0 Å². The molecule has 1 aromatic heterocycles. The Morgan fingerprint density at radius 2 is 2.29 bits per heavy atom. The van der Waals surface area contributed by atoms with Crippen molar-refractivity contribution in [3.63, 3.8) is 0 Å². The minimum atomic E-state index is -0.211. The van der Waals surface area contributed by atoms with Gasteiger partial charge in [-0.05, 0) is 25.2 Å². The second-order valence-corrected chi connectivity index (χ2v) is 4.74. The number of nitrogens with zero attached hydrogens (tertiary/aromatic N) is 3. The second kappa shape index (κ2) is 7.05. The predicted molar refractivity (Wildman–Crippen MR) is 79.4 cm³/mol. The van der Waals surface area contributed by atoms with Gasteiger partial charge in [0.05, 0.1) is 24.0 Å². The van der Waals surface area contributed by atoms with Crippen LogP contribution in [0, 0.1) is 0 Å². The summed E-state index contributed by atoms with van der Waals surface area (Å²) < 4.78 is 6.53. The van der Waals surface area contributed by atoms with Gasteiger partial charge < -0.3 is 15.4 Å². The van der Waals surface area contributed by atoms with E-state index in [1.807, 2.05) is 7.05 Å². The van der Waals surface area contributed by atoms with E-state index in [1.165, 1.54) is 11.8 Å². The second-order valence-electron chi connectivity index (χ2n) is 4.34. The SMILES string of the molecule is CNCc1cn(CC(=O)Nc2ccc(OC)c(Cl)c2)nn1. The van der Waals surface area contributed by atoms with Crippen LogP contribution in [-0.4, -0.2) is 35.1 Å². The third kappa shape index (κ3) is 4.17. The molecule has 0 saturated heterocycles. The predicted octanol–water partition coefficient (Wildman–Crippen LogP) is 1.30. The van der Waals surface area contributed by atoms with Crippen LogP contribution in [0.1, 0.15) is 5.69 Å². The van der Waals surface area contributed by atoms with Crippen molar-refractivity contribution in [2.75, 3.05) is 19.5 Å². The van der Waals surface area contributed by atoms with E-state index in [0.717, 1.165) is 5.69 Å². The van der Waals surface area contributed by atoms with Gasteiger partial charge in [0.15, 0.2) is 0 Å². The molecule has 112 valence electrons. The van der Waals surface area contributed by atoms with Crippen molar-refractivity contribution < 1.29 is 9.53 Å². The number of amides is 1. The Bertz CT molecular complexity index is 629. The molecule has 0 fully saturated rings. The Labute approximate surface area is 127 Å². The zero-order valence-electron chi connectivity index (χ0n) is 11.8. The van der Waals surface area contributed by atoms with Gasteiger partial charge in [0.25, 0.3) is 0 Å². The van der Waals surface area contributed by atoms with Gasteiger partial charge in [-0.25, -0.2) is 4.68 Å². The van der Waals surface area contributed by atoms with Crippen molar-refractivity contribution in [1.29, 1.82) is 0 Å². The van der Waals surface area contributed by atoms with E-state index in [0.29, 0.717) is 23.0 Å².